The van der Waals surface area contributed by atoms with Gasteiger partial charge in [-0.2, -0.15) is 0 Å². The van der Waals surface area contributed by atoms with Crippen LogP contribution in [0, 0.1) is 5.92 Å². The molecule has 1 aromatic heterocycles. The maximum Gasteiger partial charge on any atom is 0.248 e. The Kier molecular flexibility index (Phi) is 4.88. The van der Waals surface area contributed by atoms with Crippen molar-refractivity contribution in [3.63, 3.8) is 0 Å². The minimum atomic E-state index is -0.371. The van der Waals surface area contributed by atoms with Gasteiger partial charge in [-0.25, -0.2) is 0 Å². The summed E-state index contributed by atoms with van der Waals surface area (Å²) in [6, 6.07) is 18.8. The molecule has 1 aliphatic rings. The number of aryl methyl sites for hydroxylation is 1. The molecule has 140 valence electrons. The maximum atomic E-state index is 11.5. The summed E-state index contributed by atoms with van der Waals surface area (Å²) < 4.78 is 2.36. The molecule has 1 amide bonds. The van der Waals surface area contributed by atoms with Gasteiger partial charge in [0.25, 0.3) is 0 Å². The molecule has 2 aromatic carbocycles. The molecule has 1 saturated heterocycles. The van der Waals surface area contributed by atoms with E-state index in [-0.39, 0.29) is 5.91 Å². The number of piperidine rings is 1. The molecule has 2 N–H and O–H groups in total. The molecule has 0 saturated carbocycles. The van der Waals surface area contributed by atoms with E-state index in [1.54, 1.807) is 0 Å². The van der Waals surface area contributed by atoms with E-state index in [9.17, 15) is 4.79 Å². The Morgan fingerprint density at radius 2 is 1.81 bits per heavy atom. The van der Waals surface area contributed by atoms with Gasteiger partial charge in [0.1, 0.15) is 0 Å². The van der Waals surface area contributed by atoms with Crippen molar-refractivity contribution in [2.75, 3.05) is 18.1 Å². The van der Waals surface area contributed by atoms with Crippen molar-refractivity contribution in [1.82, 2.24) is 4.68 Å². The lowest BCUT2D eigenvalue weighted by molar-refractivity contribution is 0.100. The van der Waals surface area contributed by atoms with Gasteiger partial charge in [0, 0.05) is 29.7 Å². The van der Waals surface area contributed by atoms with Gasteiger partial charge >= 0.3 is 0 Å². The standard InChI is InChI=1S/C23H27N3O/c1-2-21-16-20-15-19(23(24)27)8-9-22(20)26(21)25-12-10-18(11-13-25)14-17-6-4-3-5-7-17/h3-9,15-16,18H,2,10-14H2,1H3,(H2,24,27). The van der Waals surface area contributed by atoms with Crippen molar-refractivity contribution < 1.29 is 4.79 Å². The largest absolute Gasteiger partial charge is 0.366 e. The third-order valence-electron chi connectivity index (χ3n) is 5.74. The summed E-state index contributed by atoms with van der Waals surface area (Å²) >= 11 is 0. The van der Waals surface area contributed by atoms with Crippen LogP contribution in [0.2, 0.25) is 0 Å². The Bertz CT molecular complexity index is 937. The number of amides is 1. The number of hydrogen-bond acceptors (Lipinski definition) is 2. The van der Waals surface area contributed by atoms with Gasteiger partial charge in [0.15, 0.2) is 0 Å². The number of hydrogen-bond donors (Lipinski definition) is 1. The molecule has 0 atom stereocenters. The topological polar surface area (TPSA) is 51.3 Å². The highest BCUT2D eigenvalue weighted by Gasteiger charge is 2.22. The maximum absolute atomic E-state index is 11.5. The zero-order valence-corrected chi connectivity index (χ0v) is 15.9. The van der Waals surface area contributed by atoms with E-state index in [0.29, 0.717) is 5.56 Å². The molecule has 0 spiro atoms. The normalized spacial score (nSPS) is 15.4. The molecule has 0 aliphatic carbocycles. The minimum absolute atomic E-state index is 0.371. The predicted octanol–water partition coefficient (Wildman–Crippen LogP) is 3.89. The molecular weight excluding hydrogens is 334 g/mol. The fraction of sp³-hybridized carbons (Fsp3) is 0.348. The molecule has 1 aliphatic heterocycles. The smallest absolute Gasteiger partial charge is 0.248 e. The molecule has 4 rings (SSSR count). The number of benzene rings is 2. The molecular formula is C23H27N3O. The molecule has 0 unspecified atom stereocenters. The fourth-order valence-electron chi connectivity index (χ4n) is 4.27. The van der Waals surface area contributed by atoms with E-state index in [1.165, 1.54) is 36.0 Å². The van der Waals surface area contributed by atoms with Crippen molar-refractivity contribution in [3.05, 3.63) is 71.4 Å². The summed E-state index contributed by atoms with van der Waals surface area (Å²) in [6.07, 6.45) is 4.54. The Morgan fingerprint density at radius 1 is 1.07 bits per heavy atom. The highest BCUT2D eigenvalue weighted by Crippen LogP contribution is 2.26. The lowest BCUT2D eigenvalue weighted by Gasteiger charge is -2.36. The second-order valence-corrected chi connectivity index (χ2v) is 7.53. The van der Waals surface area contributed by atoms with Crippen LogP contribution in [0.4, 0.5) is 0 Å². The van der Waals surface area contributed by atoms with Crippen LogP contribution in [0.15, 0.2) is 54.6 Å². The minimum Gasteiger partial charge on any atom is -0.366 e. The average Bonchev–Trinajstić information content (AvgIpc) is 3.07. The zero-order valence-electron chi connectivity index (χ0n) is 15.9. The fourth-order valence-corrected chi connectivity index (χ4v) is 4.27. The predicted molar refractivity (Wildman–Crippen MR) is 111 cm³/mol. The second-order valence-electron chi connectivity index (χ2n) is 7.53. The summed E-state index contributed by atoms with van der Waals surface area (Å²) in [7, 11) is 0. The van der Waals surface area contributed by atoms with E-state index in [0.717, 1.165) is 30.8 Å². The first-order valence-corrected chi connectivity index (χ1v) is 9.89. The summed E-state index contributed by atoms with van der Waals surface area (Å²) in [6.45, 7) is 4.31. The Morgan fingerprint density at radius 3 is 2.48 bits per heavy atom. The van der Waals surface area contributed by atoms with Gasteiger partial charge in [-0.05, 0) is 61.4 Å². The molecule has 0 radical (unpaired) electrons. The number of carbonyl (C=O) groups is 1. The van der Waals surface area contributed by atoms with E-state index in [4.69, 9.17) is 5.73 Å². The van der Waals surface area contributed by atoms with Gasteiger partial charge in [-0.1, -0.05) is 37.3 Å². The summed E-state index contributed by atoms with van der Waals surface area (Å²) in [5.74, 6) is 0.376. The number of nitrogens with zero attached hydrogens (tertiary/aromatic N) is 2. The number of nitrogens with two attached hydrogens (primary N) is 1. The van der Waals surface area contributed by atoms with Crippen molar-refractivity contribution >= 4 is 16.8 Å². The summed E-state index contributed by atoms with van der Waals surface area (Å²) in [5.41, 5.74) is 9.91. The molecule has 3 aromatic rings. The van der Waals surface area contributed by atoms with Gasteiger partial charge < -0.3 is 10.7 Å². The van der Waals surface area contributed by atoms with Crippen LogP contribution in [-0.2, 0) is 12.8 Å². The van der Waals surface area contributed by atoms with E-state index < -0.39 is 0 Å². The first-order valence-electron chi connectivity index (χ1n) is 9.89. The van der Waals surface area contributed by atoms with E-state index in [2.05, 4.69) is 53.0 Å². The van der Waals surface area contributed by atoms with Gasteiger partial charge in [0.2, 0.25) is 5.91 Å². The van der Waals surface area contributed by atoms with Crippen molar-refractivity contribution in [1.29, 1.82) is 0 Å². The quantitative estimate of drug-likeness (QED) is 0.749. The average molecular weight is 361 g/mol. The monoisotopic (exact) mass is 361 g/mol. The van der Waals surface area contributed by atoms with Crippen LogP contribution in [-0.4, -0.2) is 23.7 Å². The second kappa shape index (κ2) is 7.47. The third kappa shape index (κ3) is 3.57. The first kappa shape index (κ1) is 17.7. The highest BCUT2D eigenvalue weighted by atomic mass is 16.1. The number of carbonyl (C=O) groups excluding carboxylic acids is 1. The van der Waals surface area contributed by atoms with Crippen LogP contribution in [0.1, 0.15) is 41.4 Å². The van der Waals surface area contributed by atoms with Crippen LogP contribution < -0.4 is 10.7 Å². The molecule has 4 heteroatoms. The Labute approximate surface area is 160 Å². The lowest BCUT2D eigenvalue weighted by Crippen LogP contribution is -2.42. The van der Waals surface area contributed by atoms with E-state index in [1.807, 2.05) is 18.2 Å². The van der Waals surface area contributed by atoms with Crippen molar-refractivity contribution in [2.45, 2.75) is 32.6 Å². The summed E-state index contributed by atoms with van der Waals surface area (Å²) in [4.78, 5) is 11.5. The SMILES string of the molecule is CCc1cc2cc(C(N)=O)ccc2n1N1CCC(Cc2ccccc2)CC1. The number of rotatable bonds is 5. The van der Waals surface area contributed by atoms with Crippen molar-refractivity contribution in [2.24, 2.45) is 11.7 Å². The van der Waals surface area contributed by atoms with Gasteiger partial charge in [-0.15, -0.1) is 0 Å². The molecule has 1 fully saturated rings. The Hall–Kier alpha value is -2.75. The van der Waals surface area contributed by atoms with Crippen LogP contribution in [0.5, 0.6) is 0 Å². The molecule has 27 heavy (non-hydrogen) atoms. The van der Waals surface area contributed by atoms with E-state index >= 15 is 0 Å². The third-order valence-corrected chi connectivity index (χ3v) is 5.74. The number of aromatic nitrogens is 1. The van der Waals surface area contributed by atoms with Crippen LogP contribution in [0.3, 0.4) is 0 Å². The summed E-state index contributed by atoms with van der Waals surface area (Å²) in [5, 5.41) is 3.56. The number of primary amides is 1. The van der Waals surface area contributed by atoms with Crippen LogP contribution >= 0.6 is 0 Å². The Balaban J connectivity index is 1.53. The molecule has 0 bridgehead atoms. The van der Waals surface area contributed by atoms with Gasteiger partial charge in [-0.3, -0.25) is 9.47 Å². The van der Waals surface area contributed by atoms with Gasteiger partial charge in [0.05, 0.1) is 5.52 Å². The zero-order chi connectivity index (χ0) is 18.8. The van der Waals surface area contributed by atoms with Crippen molar-refractivity contribution in [3.8, 4) is 0 Å². The molecule has 4 nitrogen and oxygen atoms in total. The lowest BCUT2D eigenvalue weighted by atomic mass is 9.91. The first-order chi connectivity index (χ1) is 13.2. The number of fused-ring (bicyclic) bond motifs is 1. The highest BCUT2D eigenvalue weighted by molar-refractivity contribution is 5.97. The molecule has 2 heterocycles. The van der Waals surface area contributed by atoms with Crippen LogP contribution in [0.25, 0.3) is 10.9 Å².